The Morgan fingerprint density at radius 2 is 1.83 bits per heavy atom. The molecule has 0 unspecified atom stereocenters. The third-order valence-electron chi connectivity index (χ3n) is 4.71. The van der Waals surface area contributed by atoms with Crippen LogP contribution in [0.5, 0.6) is 5.75 Å². The van der Waals surface area contributed by atoms with Crippen molar-refractivity contribution in [3.8, 4) is 17.1 Å². The predicted octanol–water partition coefficient (Wildman–Crippen LogP) is 4.37. The van der Waals surface area contributed by atoms with Gasteiger partial charge in [-0.05, 0) is 41.5 Å². The largest absolute Gasteiger partial charge is 0.489 e. The number of anilines is 1. The van der Waals surface area contributed by atoms with Crippen LogP contribution in [0.4, 0.5) is 5.69 Å². The molecule has 0 atom stereocenters. The van der Waals surface area contributed by atoms with Crippen LogP contribution in [-0.2, 0) is 13.2 Å². The summed E-state index contributed by atoms with van der Waals surface area (Å²) >= 11 is 0. The second kappa shape index (κ2) is 9.07. The molecule has 4 N–H and O–H groups in total. The summed E-state index contributed by atoms with van der Waals surface area (Å²) < 4.78 is 5.78. The molecule has 150 valence electrons. The number of hydrogen-bond acceptors (Lipinski definition) is 4. The summed E-state index contributed by atoms with van der Waals surface area (Å²) in [6, 6.07) is 22.7. The molecule has 0 radical (unpaired) electrons. The van der Waals surface area contributed by atoms with Gasteiger partial charge in [0.2, 0.25) is 0 Å². The van der Waals surface area contributed by atoms with Gasteiger partial charge in [0, 0.05) is 35.8 Å². The topological polar surface area (TPSA) is 93.0 Å². The van der Waals surface area contributed by atoms with E-state index in [1.165, 1.54) is 0 Å². The number of imidazole rings is 1. The van der Waals surface area contributed by atoms with Crippen LogP contribution in [0.3, 0.4) is 0 Å². The zero-order valence-electron chi connectivity index (χ0n) is 16.3. The van der Waals surface area contributed by atoms with Crippen LogP contribution < -0.4 is 15.8 Å². The van der Waals surface area contributed by atoms with Crippen molar-refractivity contribution in [2.45, 2.75) is 13.2 Å². The maximum absolute atomic E-state index is 12.8. The maximum atomic E-state index is 12.8. The van der Waals surface area contributed by atoms with E-state index in [1.807, 2.05) is 48.5 Å². The van der Waals surface area contributed by atoms with Crippen molar-refractivity contribution in [3.63, 3.8) is 0 Å². The molecule has 1 amide bonds. The Morgan fingerprint density at radius 3 is 2.53 bits per heavy atom. The van der Waals surface area contributed by atoms with E-state index in [1.54, 1.807) is 36.7 Å². The van der Waals surface area contributed by atoms with Crippen molar-refractivity contribution in [1.82, 2.24) is 9.97 Å². The molecule has 0 bridgehead atoms. The number of amides is 1. The van der Waals surface area contributed by atoms with Gasteiger partial charge in [-0.3, -0.25) is 4.79 Å². The van der Waals surface area contributed by atoms with Gasteiger partial charge in [-0.2, -0.15) is 0 Å². The van der Waals surface area contributed by atoms with E-state index in [-0.39, 0.29) is 5.91 Å². The Balaban J connectivity index is 1.45. The van der Waals surface area contributed by atoms with E-state index in [9.17, 15) is 4.79 Å². The molecule has 0 aliphatic heterocycles. The molecule has 0 saturated heterocycles. The van der Waals surface area contributed by atoms with E-state index in [2.05, 4.69) is 15.3 Å². The van der Waals surface area contributed by atoms with E-state index < -0.39 is 0 Å². The Bertz CT molecular complexity index is 1110. The Labute approximate surface area is 174 Å². The van der Waals surface area contributed by atoms with Gasteiger partial charge < -0.3 is 20.8 Å². The molecule has 6 heteroatoms. The number of ether oxygens (including phenoxy) is 1. The minimum absolute atomic E-state index is 0.212. The maximum Gasteiger partial charge on any atom is 0.255 e. The molecule has 3 aromatic carbocycles. The number of aromatic nitrogens is 2. The van der Waals surface area contributed by atoms with Crippen LogP contribution in [0.1, 0.15) is 21.5 Å². The Hall–Kier alpha value is -3.90. The first kappa shape index (κ1) is 19.4. The SMILES string of the molecule is NCc1ccc(-c2ncc[nH]2)cc1NC(=O)c1ccc(OCc2ccccc2)cc1. The van der Waals surface area contributed by atoms with Gasteiger partial charge in [0.1, 0.15) is 18.2 Å². The molecule has 0 aliphatic carbocycles. The average molecular weight is 398 g/mol. The highest BCUT2D eigenvalue weighted by Crippen LogP contribution is 2.24. The number of rotatable bonds is 7. The van der Waals surface area contributed by atoms with Crippen LogP contribution in [-0.4, -0.2) is 15.9 Å². The molecule has 1 aromatic heterocycles. The van der Waals surface area contributed by atoms with Gasteiger partial charge in [0.25, 0.3) is 5.91 Å². The fraction of sp³-hybridized carbons (Fsp3) is 0.0833. The van der Waals surface area contributed by atoms with Crippen LogP contribution in [0.2, 0.25) is 0 Å². The van der Waals surface area contributed by atoms with Crippen LogP contribution >= 0.6 is 0 Å². The monoisotopic (exact) mass is 398 g/mol. The fourth-order valence-electron chi connectivity index (χ4n) is 3.08. The summed E-state index contributed by atoms with van der Waals surface area (Å²) in [5, 5.41) is 2.96. The summed E-state index contributed by atoms with van der Waals surface area (Å²) in [4.78, 5) is 20.1. The fourth-order valence-corrected chi connectivity index (χ4v) is 3.08. The highest BCUT2D eigenvalue weighted by Gasteiger charge is 2.11. The Kier molecular flexibility index (Phi) is 5.87. The van der Waals surface area contributed by atoms with E-state index in [0.29, 0.717) is 30.2 Å². The number of aromatic amines is 1. The van der Waals surface area contributed by atoms with Crippen LogP contribution in [0, 0.1) is 0 Å². The first-order valence-corrected chi connectivity index (χ1v) is 9.64. The quantitative estimate of drug-likeness (QED) is 0.431. The van der Waals surface area contributed by atoms with Gasteiger partial charge in [-0.15, -0.1) is 0 Å². The van der Waals surface area contributed by atoms with Crippen molar-refractivity contribution in [2.24, 2.45) is 5.73 Å². The van der Waals surface area contributed by atoms with Crippen molar-refractivity contribution in [1.29, 1.82) is 0 Å². The average Bonchev–Trinajstić information content (AvgIpc) is 3.34. The summed E-state index contributed by atoms with van der Waals surface area (Å²) in [5.74, 6) is 1.22. The molecule has 0 aliphatic rings. The zero-order valence-corrected chi connectivity index (χ0v) is 16.3. The summed E-state index contributed by atoms with van der Waals surface area (Å²) in [6.45, 7) is 0.798. The van der Waals surface area contributed by atoms with Crippen molar-refractivity contribution < 1.29 is 9.53 Å². The second-order valence-corrected chi connectivity index (χ2v) is 6.77. The molecule has 0 spiro atoms. The highest BCUT2D eigenvalue weighted by atomic mass is 16.5. The lowest BCUT2D eigenvalue weighted by Crippen LogP contribution is -2.14. The number of benzene rings is 3. The number of carbonyl (C=O) groups excluding carboxylic acids is 1. The molecular formula is C24H22N4O2. The van der Waals surface area contributed by atoms with Gasteiger partial charge >= 0.3 is 0 Å². The minimum atomic E-state index is -0.212. The summed E-state index contributed by atoms with van der Waals surface area (Å²) in [5.41, 5.74) is 9.86. The molecule has 4 aromatic rings. The molecular weight excluding hydrogens is 376 g/mol. The smallest absolute Gasteiger partial charge is 0.255 e. The molecule has 30 heavy (non-hydrogen) atoms. The summed E-state index contributed by atoms with van der Waals surface area (Å²) in [6.07, 6.45) is 3.44. The molecule has 4 rings (SSSR count). The van der Waals surface area contributed by atoms with Gasteiger partial charge in [-0.25, -0.2) is 4.98 Å². The lowest BCUT2D eigenvalue weighted by molar-refractivity contribution is 0.102. The number of H-pyrrole nitrogens is 1. The second-order valence-electron chi connectivity index (χ2n) is 6.77. The first-order valence-electron chi connectivity index (χ1n) is 9.64. The minimum Gasteiger partial charge on any atom is -0.489 e. The third kappa shape index (κ3) is 4.56. The van der Waals surface area contributed by atoms with Gasteiger partial charge in [-0.1, -0.05) is 42.5 Å². The molecule has 6 nitrogen and oxygen atoms in total. The van der Waals surface area contributed by atoms with E-state index in [0.717, 1.165) is 22.5 Å². The van der Waals surface area contributed by atoms with Gasteiger partial charge in [0.05, 0.1) is 0 Å². The normalized spacial score (nSPS) is 10.6. The number of nitrogens with one attached hydrogen (secondary N) is 2. The van der Waals surface area contributed by atoms with Crippen LogP contribution in [0.25, 0.3) is 11.4 Å². The van der Waals surface area contributed by atoms with Gasteiger partial charge in [0.15, 0.2) is 0 Å². The number of nitrogens with two attached hydrogens (primary N) is 1. The zero-order chi connectivity index (χ0) is 20.8. The van der Waals surface area contributed by atoms with Crippen molar-refractivity contribution in [2.75, 3.05) is 5.32 Å². The third-order valence-corrected chi connectivity index (χ3v) is 4.71. The Morgan fingerprint density at radius 1 is 1.03 bits per heavy atom. The van der Waals surface area contributed by atoms with Crippen LogP contribution in [0.15, 0.2) is 85.2 Å². The number of carbonyl (C=O) groups is 1. The highest BCUT2D eigenvalue weighted by molar-refractivity contribution is 6.05. The number of hydrogen-bond donors (Lipinski definition) is 3. The van der Waals surface area contributed by atoms with E-state index >= 15 is 0 Å². The lowest BCUT2D eigenvalue weighted by Gasteiger charge is -2.12. The first-order chi connectivity index (χ1) is 14.7. The van der Waals surface area contributed by atoms with Crippen molar-refractivity contribution in [3.05, 3.63) is 102 Å². The summed E-state index contributed by atoms with van der Waals surface area (Å²) in [7, 11) is 0. The standard InChI is InChI=1S/C24H22N4O2/c25-15-20-7-6-19(23-26-12-13-27-23)14-22(20)28-24(29)18-8-10-21(11-9-18)30-16-17-4-2-1-3-5-17/h1-14H,15-16,25H2,(H,26,27)(H,28,29). The van der Waals surface area contributed by atoms with Crippen molar-refractivity contribution >= 4 is 11.6 Å². The number of nitrogens with zero attached hydrogens (tertiary/aromatic N) is 1. The van der Waals surface area contributed by atoms with E-state index in [4.69, 9.17) is 10.5 Å². The molecule has 0 saturated carbocycles. The molecule has 0 fully saturated rings. The molecule has 1 heterocycles. The predicted molar refractivity (Wildman–Crippen MR) is 117 cm³/mol. The lowest BCUT2D eigenvalue weighted by atomic mass is 10.1.